The fourth-order valence-electron chi connectivity index (χ4n) is 1.73. The number of hydrogen-bond donors (Lipinski definition) is 1. The van der Waals surface area contributed by atoms with Crippen LogP contribution in [-0.2, 0) is 6.54 Å². The van der Waals surface area contributed by atoms with E-state index < -0.39 is 11.6 Å². The SMILES string of the molecule is CC(C)NCc1ccc(Oc2cc(F)ccc2F)cc1Cl. The van der Waals surface area contributed by atoms with Crippen molar-refractivity contribution in [2.45, 2.75) is 26.4 Å². The van der Waals surface area contributed by atoms with Crippen LogP contribution < -0.4 is 10.1 Å². The second kappa shape index (κ2) is 6.87. The Morgan fingerprint density at radius 3 is 2.57 bits per heavy atom. The fourth-order valence-corrected chi connectivity index (χ4v) is 1.97. The number of nitrogens with one attached hydrogen (secondary N) is 1. The lowest BCUT2D eigenvalue weighted by Gasteiger charge is -2.12. The molecule has 0 spiro atoms. The van der Waals surface area contributed by atoms with E-state index in [4.69, 9.17) is 16.3 Å². The first-order valence-corrected chi connectivity index (χ1v) is 6.98. The van der Waals surface area contributed by atoms with Crippen LogP contribution in [0.3, 0.4) is 0 Å². The summed E-state index contributed by atoms with van der Waals surface area (Å²) in [5.74, 6) is -0.995. The summed E-state index contributed by atoms with van der Waals surface area (Å²) >= 11 is 6.16. The van der Waals surface area contributed by atoms with Crippen molar-refractivity contribution in [3.63, 3.8) is 0 Å². The number of rotatable bonds is 5. The van der Waals surface area contributed by atoms with E-state index in [2.05, 4.69) is 5.32 Å². The highest BCUT2D eigenvalue weighted by Gasteiger charge is 2.08. The Bertz CT molecular complexity index is 632. The van der Waals surface area contributed by atoms with Crippen LogP contribution in [0.5, 0.6) is 11.5 Å². The van der Waals surface area contributed by atoms with E-state index in [1.807, 2.05) is 13.8 Å². The minimum atomic E-state index is -0.627. The summed E-state index contributed by atoms with van der Waals surface area (Å²) in [5.41, 5.74) is 0.914. The van der Waals surface area contributed by atoms with Crippen LogP contribution >= 0.6 is 11.6 Å². The monoisotopic (exact) mass is 311 g/mol. The van der Waals surface area contributed by atoms with Crippen LogP contribution in [-0.4, -0.2) is 6.04 Å². The van der Waals surface area contributed by atoms with Crippen molar-refractivity contribution < 1.29 is 13.5 Å². The Kier molecular flexibility index (Phi) is 5.15. The summed E-state index contributed by atoms with van der Waals surface area (Å²) in [5, 5.41) is 3.77. The maximum Gasteiger partial charge on any atom is 0.165 e. The van der Waals surface area contributed by atoms with Gasteiger partial charge < -0.3 is 10.1 Å². The molecule has 0 aliphatic carbocycles. The molecule has 21 heavy (non-hydrogen) atoms. The molecule has 0 amide bonds. The highest BCUT2D eigenvalue weighted by atomic mass is 35.5. The third kappa shape index (κ3) is 4.41. The van der Waals surface area contributed by atoms with Gasteiger partial charge >= 0.3 is 0 Å². The zero-order chi connectivity index (χ0) is 15.4. The summed E-state index contributed by atoms with van der Waals surface area (Å²) in [6, 6.07) is 8.46. The molecule has 0 bridgehead atoms. The van der Waals surface area contributed by atoms with Gasteiger partial charge in [0.15, 0.2) is 11.6 Å². The van der Waals surface area contributed by atoms with Gasteiger partial charge in [0.2, 0.25) is 0 Å². The summed E-state index contributed by atoms with van der Waals surface area (Å²) in [6.45, 7) is 4.71. The average molecular weight is 312 g/mol. The standard InChI is InChI=1S/C16H16ClF2NO/c1-10(2)20-9-11-3-5-13(8-14(11)17)21-16-7-12(18)4-6-15(16)19/h3-8,10,20H,9H2,1-2H3. The predicted octanol–water partition coefficient (Wildman–Crippen LogP) is 4.91. The van der Waals surface area contributed by atoms with Gasteiger partial charge in [0.1, 0.15) is 11.6 Å². The second-order valence-electron chi connectivity index (χ2n) is 4.97. The largest absolute Gasteiger partial charge is 0.454 e. The molecule has 2 rings (SSSR count). The Labute approximate surface area is 127 Å². The second-order valence-corrected chi connectivity index (χ2v) is 5.37. The molecule has 0 radical (unpaired) electrons. The Hall–Kier alpha value is -1.65. The molecule has 2 aromatic carbocycles. The van der Waals surface area contributed by atoms with E-state index in [9.17, 15) is 8.78 Å². The number of benzene rings is 2. The van der Waals surface area contributed by atoms with Crippen molar-refractivity contribution in [1.82, 2.24) is 5.32 Å². The van der Waals surface area contributed by atoms with E-state index in [0.29, 0.717) is 23.4 Å². The lowest BCUT2D eigenvalue weighted by atomic mass is 10.2. The maximum atomic E-state index is 13.5. The Morgan fingerprint density at radius 2 is 1.90 bits per heavy atom. The lowest BCUT2D eigenvalue weighted by Crippen LogP contribution is -2.21. The van der Waals surface area contributed by atoms with E-state index >= 15 is 0 Å². The molecule has 0 fully saturated rings. The van der Waals surface area contributed by atoms with Gasteiger partial charge in [-0.1, -0.05) is 31.5 Å². The van der Waals surface area contributed by atoms with Gasteiger partial charge in [-0.05, 0) is 29.8 Å². The third-order valence-corrected chi connectivity index (χ3v) is 3.20. The molecule has 112 valence electrons. The van der Waals surface area contributed by atoms with Crippen molar-refractivity contribution in [2.24, 2.45) is 0 Å². The zero-order valence-corrected chi connectivity index (χ0v) is 12.5. The van der Waals surface area contributed by atoms with Crippen molar-refractivity contribution in [3.8, 4) is 11.5 Å². The molecule has 0 unspecified atom stereocenters. The van der Waals surface area contributed by atoms with E-state index in [-0.39, 0.29) is 5.75 Å². The summed E-state index contributed by atoms with van der Waals surface area (Å²) in [7, 11) is 0. The van der Waals surface area contributed by atoms with Crippen LogP contribution in [0.2, 0.25) is 5.02 Å². The quantitative estimate of drug-likeness (QED) is 0.847. The predicted molar refractivity (Wildman–Crippen MR) is 79.9 cm³/mol. The highest BCUT2D eigenvalue weighted by molar-refractivity contribution is 6.31. The van der Waals surface area contributed by atoms with Crippen LogP contribution in [0.25, 0.3) is 0 Å². The third-order valence-electron chi connectivity index (χ3n) is 2.85. The first-order valence-electron chi connectivity index (χ1n) is 6.60. The molecule has 5 heteroatoms. The summed E-state index contributed by atoms with van der Waals surface area (Å²) < 4.78 is 31.9. The molecular formula is C16H16ClF2NO. The van der Waals surface area contributed by atoms with Crippen LogP contribution in [0, 0.1) is 11.6 Å². The molecule has 0 aliphatic heterocycles. The molecule has 0 saturated heterocycles. The first-order chi connectivity index (χ1) is 9.95. The maximum absolute atomic E-state index is 13.5. The molecule has 0 atom stereocenters. The van der Waals surface area contributed by atoms with E-state index in [1.165, 1.54) is 0 Å². The molecule has 0 aliphatic rings. The molecule has 0 heterocycles. The van der Waals surface area contributed by atoms with Crippen LogP contribution in [0.4, 0.5) is 8.78 Å². The van der Waals surface area contributed by atoms with Gasteiger partial charge in [0.25, 0.3) is 0 Å². The molecular weight excluding hydrogens is 296 g/mol. The van der Waals surface area contributed by atoms with Gasteiger partial charge in [0.05, 0.1) is 0 Å². The van der Waals surface area contributed by atoms with Crippen molar-refractivity contribution in [2.75, 3.05) is 0 Å². The van der Waals surface area contributed by atoms with Crippen molar-refractivity contribution in [1.29, 1.82) is 0 Å². The Balaban J connectivity index is 2.14. The number of ether oxygens (including phenoxy) is 1. The first kappa shape index (κ1) is 15.7. The molecule has 2 aromatic rings. The van der Waals surface area contributed by atoms with Gasteiger partial charge in [0, 0.05) is 23.7 Å². The van der Waals surface area contributed by atoms with Crippen LogP contribution in [0.15, 0.2) is 36.4 Å². The zero-order valence-electron chi connectivity index (χ0n) is 11.8. The normalized spacial score (nSPS) is 11.0. The average Bonchev–Trinajstić information content (AvgIpc) is 2.42. The minimum Gasteiger partial charge on any atom is -0.454 e. The Morgan fingerprint density at radius 1 is 1.14 bits per heavy atom. The molecule has 1 N–H and O–H groups in total. The minimum absolute atomic E-state index is 0.167. The van der Waals surface area contributed by atoms with Gasteiger partial charge in [-0.15, -0.1) is 0 Å². The fraction of sp³-hybridized carbons (Fsp3) is 0.250. The van der Waals surface area contributed by atoms with Gasteiger partial charge in [-0.3, -0.25) is 0 Å². The van der Waals surface area contributed by atoms with Gasteiger partial charge in [-0.2, -0.15) is 0 Å². The molecule has 2 nitrogen and oxygen atoms in total. The highest BCUT2D eigenvalue weighted by Crippen LogP contribution is 2.29. The summed E-state index contributed by atoms with van der Waals surface area (Å²) in [6.07, 6.45) is 0. The summed E-state index contributed by atoms with van der Waals surface area (Å²) in [4.78, 5) is 0. The van der Waals surface area contributed by atoms with Crippen LogP contribution in [0.1, 0.15) is 19.4 Å². The van der Waals surface area contributed by atoms with Gasteiger partial charge in [-0.25, -0.2) is 8.78 Å². The smallest absolute Gasteiger partial charge is 0.165 e. The lowest BCUT2D eigenvalue weighted by molar-refractivity contribution is 0.436. The number of hydrogen-bond acceptors (Lipinski definition) is 2. The topological polar surface area (TPSA) is 21.3 Å². The number of halogens is 3. The van der Waals surface area contributed by atoms with Crippen molar-refractivity contribution >= 4 is 11.6 Å². The van der Waals surface area contributed by atoms with E-state index in [0.717, 1.165) is 23.8 Å². The molecule has 0 aromatic heterocycles. The van der Waals surface area contributed by atoms with E-state index in [1.54, 1.807) is 18.2 Å². The van der Waals surface area contributed by atoms with Crippen molar-refractivity contribution in [3.05, 3.63) is 58.6 Å². The molecule has 0 saturated carbocycles.